The Morgan fingerprint density at radius 2 is 1.70 bits per heavy atom. The third kappa shape index (κ3) is 3.67. The van der Waals surface area contributed by atoms with Crippen LogP contribution in [-0.4, -0.2) is 29.3 Å². The van der Waals surface area contributed by atoms with Gasteiger partial charge in [0.05, 0.1) is 0 Å². The highest BCUT2D eigenvalue weighted by molar-refractivity contribution is 6.10. The average Bonchev–Trinajstić information content (AvgIpc) is 2.78. The number of halogens is 1. The van der Waals surface area contributed by atoms with Gasteiger partial charge in [-0.15, -0.1) is 0 Å². The molecule has 0 aliphatic carbocycles. The van der Waals surface area contributed by atoms with Crippen LogP contribution in [0.15, 0.2) is 42.5 Å². The highest BCUT2D eigenvalue weighted by Gasteiger charge is 2.49. The number of aryl methyl sites for hydroxylation is 2. The van der Waals surface area contributed by atoms with Gasteiger partial charge in [0.15, 0.2) is 0 Å². The van der Waals surface area contributed by atoms with Gasteiger partial charge >= 0.3 is 6.03 Å². The number of urea groups is 1. The van der Waals surface area contributed by atoms with Crippen molar-refractivity contribution in [2.45, 2.75) is 26.3 Å². The Bertz CT molecular complexity index is 906. The van der Waals surface area contributed by atoms with Gasteiger partial charge in [-0.2, -0.15) is 0 Å². The molecule has 0 radical (unpaired) electrons. The maximum Gasteiger partial charge on any atom is 0.325 e. The molecule has 0 spiro atoms. The van der Waals surface area contributed by atoms with Crippen molar-refractivity contribution in [1.29, 1.82) is 0 Å². The Kier molecular flexibility index (Phi) is 4.70. The standard InChI is InChI=1S/C20H20FN3O3/c1-12-8-13(2)10-16(9-12)22-17(25)11-24-18(26)20(3,23-19(24)27)14-4-6-15(21)7-5-14/h4-10H,11H2,1-3H3,(H,22,25)(H,23,27)/t20-/m0/s1. The molecule has 6 nitrogen and oxygen atoms in total. The molecular formula is C20H20FN3O3. The van der Waals surface area contributed by atoms with E-state index in [-0.39, 0.29) is 0 Å². The van der Waals surface area contributed by atoms with Gasteiger partial charge in [0, 0.05) is 5.69 Å². The summed E-state index contributed by atoms with van der Waals surface area (Å²) in [6.45, 7) is 4.94. The van der Waals surface area contributed by atoms with E-state index < -0.39 is 35.7 Å². The molecule has 2 aromatic carbocycles. The fourth-order valence-electron chi connectivity index (χ4n) is 3.21. The topological polar surface area (TPSA) is 78.5 Å². The van der Waals surface area contributed by atoms with Gasteiger partial charge in [0.1, 0.15) is 17.9 Å². The second-order valence-electron chi connectivity index (χ2n) is 6.88. The summed E-state index contributed by atoms with van der Waals surface area (Å²) in [5, 5.41) is 5.29. The number of hydrogen-bond donors (Lipinski definition) is 2. The van der Waals surface area contributed by atoms with E-state index in [4.69, 9.17) is 0 Å². The number of imide groups is 1. The minimum absolute atomic E-state index is 0.408. The van der Waals surface area contributed by atoms with Crippen LogP contribution < -0.4 is 10.6 Å². The number of nitrogens with zero attached hydrogens (tertiary/aromatic N) is 1. The summed E-state index contributed by atoms with van der Waals surface area (Å²) >= 11 is 0. The van der Waals surface area contributed by atoms with E-state index in [1.54, 1.807) is 12.1 Å². The van der Waals surface area contributed by atoms with Crippen molar-refractivity contribution in [3.8, 4) is 0 Å². The van der Waals surface area contributed by atoms with Crippen LogP contribution in [0, 0.1) is 19.7 Å². The summed E-state index contributed by atoms with van der Waals surface area (Å²) < 4.78 is 13.1. The minimum Gasteiger partial charge on any atom is -0.325 e. The maximum absolute atomic E-state index is 13.1. The first kappa shape index (κ1) is 18.6. The Morgan fingerprint density at radius 3 is 2.30 bits per heavy atom. The zero-order chi connectivity index (χ0) is 19.8. The first-order chi connectivity index (χ1) is 12.7. The number of carbonyl (C=O) groups excluding carboxylic acids is 3. The molecule has 27 heavy (non-hydrogen) atoms. The van der Waals surface area contributed by atoms with Gasteiger partial charge in [-0.3, -0.25) is 14.5 Å². The van der Waals surface area contributed by atoms with Crippen LogP contribution in [0.3, 0.4) is 0 Å². The lowest BCUT2D eigenvalue weighted by molar-refractivity contribution is -0.133. The van der Waals surface area contributed by atoms with E-state index in [1.165, 1.54) is 31.2 Å². The second kappa shape index (κ2) is 6.83. The zero-order valence-electron chi connectivity index (χ0n) is 15.3. The monoisotopic (exact) mass is 369 g/mol. The summed E-state index contributed by atoms with van der Waals surface area (Å²) in [4.78, 5) is 38.3. The van der Waals surface area contributed by atoms with Crippen molar-refractivity contribution < 1.29 is 18.8 Å². The van der Waals surface area contributed by atoms with Crippen LogP contribution in [0.2, 0.25) is 0 Å². The lowest BCUT2D eigenvalue weighted by Gasteiger charge is -2.22. The lowest BCUT2D eigenvalue weighted by Crippen LogP contribution is -2.42. The molecule has 2 aromatic rings. The smallest absolute Gasteiger partial charge is 0.325 e. The molecule has 1 atom stereocenters. The van der Waals surface area contributed by atoms with Crippen LogP contribution in [-0.2, 0) is 15.1 Å². The predicted octanol–water partition coefficient (Wildman–Crippen LogP) is 2.85. The Morgan fingerprint density at radius 1 is 1.11 bits per heavy atom. The highest BCUT2D eigenvalue weighted by atomic mass is 19.1. The highest BCUT2D eigenvalue weighted by Crippen LogP contribution is 2.28. The fraction of sp³-hybridized carbons (Fsp3) is 0.250. The van der Waals surface area contributed by atoms with Crippen molar-refractivity contribution in [3.63, 3.8) is 0 Å². The van der Waals surface area contributed by atoms with Crippen molar-refractivity contribution >= 4 is 23.5 Å². The molecule has 1 aliphatic rings. The van der Waals surface area contributed by atoms with Crippen molar-refractivity contribution in [2.24, 2.45) is 0 Å². The molecule has 1 saturated heterocycles. The number of benzene rings is 2. The predicted molar refractivity (Wildman–Crippen MR) is 98.5 cm³/mol. The zero-order valence-corrected chi connectivity index (χ0v) is 15.3. The summed E-state index contributed by atoms with van der Waals surface area (Å²) in [5.41, 5.74) is 1.68. The molecule has 2 N–H and O–H groups in total. The van der Waals surface area contributed by atoms with Crippen LogP contribution >= 0.6 is 0 Å². The quantitative estimate of drug-likeness (QED) is 0.814. The van der Waals surface area contributed by atoms with E-state index in [9.17, 15) is 18.8 Å². The lowest BCUT2D eigenvalue weighted by atomic mass is 9.92. The molecular weight excluding hydrogens is 349 g/mol. The first-order valence-electron chi connectivity index (χ1n) is 8.47. The number of carbonyl (C=O) groups is 3. The van der Waals surface area contributed by atoms with Crippen LogP contribution in [0.4, 0.5) is 14.9 Å². The van der Waals surface area contributed by atoms with Gasteiger partial charge in [-0.1, -0.05) is 18.2 Å². The average molecular weight is 369 g/mol. The third-order valence-corrected chi connectivity index (χ3v) is 4.50. The summed E-state index contributed by atoms with van der Waals surface area (Å²) in [6, 6.07) is 10.2. The van der Waals surface area contributed by atoms with Crippen LogP contribution in [0.5, 0.6) is 0 Å². The van der Waals surface area contributed by atoms with E-state index in [0.717, 1.165) is 16.0 Å². The molecule has 1 heterocycles. The molecule has 4 amide bonds. The van der Waals surface area contributed by atoms with Crippen LogP contribution in [0.1, 0.15) is 23.6 Å². The van der Waals surface area contributed by atoms with Gasteiger partial charge in [0.2, 0.25) is 5.91 Å². The molecule has 7 heteroatoms. The SMILES string of the molecule is Cc1cc(C)cc(NC(=O)CN2C(=O)N[C@@](C)(c3ccc(F)cc3)C2=O)c1. The van der Waals surface area contributed by atoms with Gasteiger partial charge in [-0.25, -0.2) is 9.18 Å². The summed E-state index contributed by atoms with van der Waals surface area (Å²) in [5.74, 6) is -1.48. The largest absolute Gasteiger partial charge is 0.325 e. The number of nitrogens with one attached hydrogen (secondary N) is 2. The fourth-order valence-corrected chi connectivity index (χ4v) is 3.21. The molecule has 0 saturated carbocycles. The minimum atomic E-state index is -1.34. The number of hydrogen-bond acceptors (Lipinski definition) is 3. The van der Waals surface area contributed by atoms with Crippen molar-refractivity contribution in [1.82, 2.24) is 10.2 Å². The van der Waals surface area contributed by atoms with Crippen molar-refractivity contribution in [3.05, 3.63) is 65.0 Å². The molecule has 0 bridgehead atoms. The Balaban J connectivity index is 1.75. The molecule has 0 aromatic heterocycles. The number of amides is 4. The molecule has 1 aliphatic heterocycles. The summed E-state index contributed by atoms with van der Waals surface area (Å²) in [7, 11) is 0. The van der Waals surface area contributed by atoms with E-state index in [2.05, 4.69) is 10.6 Å². The molecule has 140 valence electrons. The third-order valence-electron chi connectivity index (χ3n) is 4.50. The van der Waals surface area contributed by atoms with Gasteiger partial charge in [-0.05, 0) is 61.7 Å². The molecule has 3 rings (SSSR count). The van der Waals surface area contributed by atoms with E-state index in [0.29, 0.717) is 11.3 Å². The van der Waals surface area contributed by atoms with Crippen molar-refractivity contribution in [2.75, 3.05) is 11.9 Å². The van der Waals surface area contributed by atoms with E-state index in [1.807, 2.05) is 19.9 Å². The second-order valence-corrected chi connectivity index (χ2v) is 6.88. The molecule has 0 unspecified atom stereocenters. The summed E-state index contributed by atoms with van der Waals surface area (Å²) in [6.07, 6.45) is 0. The first-order valence-corrected chi connectivity index (χ1v) is 8.47. The van der Waals surface area contributed by atoms with Crippen LogP contribution in [0.25, 0.3) is 0 Å². The number of rotatable bonds is 4. The Hall–Kier alpha value is -3.22. The maximum atomic E-state index is 13.1. The van der Waals surface area contributed by atoms with Gasteiger partial charge < -0.3 is 10.6 Å². The normalized spacial score (nSPS) is 19.2. The number of anilines is 1. The molecule has 1 fully saturated rings. The van der Waals surface area contributed by atoms with Gasteiger partial charge in [0.25, 0.3) is 5.91 Å². The van der Waals surface area contributed by atoms with E-state index >= 15 is 0 Å². The Labute approximate surface area is 156 Å².